The highest BCUT2D eigenvalue weighted by atomic mass is 16.2. The smallest absolute Gasteiger partial charge is 0.258 e. The van der Waals surface area contributed by atoms with Crippen molar-refractivity contribution in [3.05, 3.63) is 59.4 Å². The van der Waals surface area contributed by atoms with Crippen LogP contribution in [0.1, 0.15) is 21.6 Å². The third-order valence-corrected chi connectivity index (χ3v) is 3.16. The van der Waals surface area contributed by atoms with Crippen molar-refractivity contribution in [3.63, 3.8) is 0 Å². The molecule has 1 amide bonds. The minimum absolute atomic E-state index is 0.0451. The van der Waals surface area contributed by atoms with Gasteiger partial charge in [0.15, 0.2) is 0 Å². The minimum atomic E-state index is -0.0451. The quantitative estimate of drug-likeness (QED) is 0.925. The Kier molecular flexibility index (Phi) is 4.48. The molecule has 1 aromatic carbocycles. The summed E-state index contributed by atoms with van der Waals surface area (Å²) in [7, 11) is 1.78. The van der Waals surface area contributed by atoms with Crippen LogP contribution in [0.4, 0.5) is 5.69 Å². The van der Waals surface area contributed by atoms with Crippen LogP contribution >= 0.6 is 0 Å². The summed E-state index contributed by atoms with van der Waals surface area (Å²) in [5, 5.41) is 0. The number of amides is 1. The highest BCUT2D eigenvalue weighted by Gasteiger charge is 2.14. The van der Waals surface area contributed by atoms with E-state index in [9.17, 15) is 4.79 Å². The maximum Gasteiger partial charge on any atom is 0.258 e. The number of carbonyl (C=O) groups is 1. The molecule has 0 bridgehead atoms. The summed E-state index contributed by atoms with van der Waals surface area (Å²) in [5.74, 6) is -0.0451. The molecule has 2 rings (SSSR count). The fourth-order valence-electron chi connectivity index (χ4n) is 2.04. The molecule has 0 fully saturated rings. The van der Waals surface area contributed by atoms with Crippen LogP contribution in [0, 0.1) is 6.92 Å². The van der Waals surface area contributed by atoms with Gasteiger partial charge in [0.1, 0.15) is 0 Å². The SMILES string of the molecule is Cc1cccc(N(C)C(=O)c2ccnc(CCN)c2)c1. The summed E-state index contributed by atoms with van der Waals surface area (Å²) >= 11 is 0. The second kappa shape index (κ2) is 6.30. The van der Waals surface area contributed by atoms with Crippen LogP contribution in [-0.4, -0.2) is 24.5 Å². The first-order chi connectivity index (χ1) is 9.61. The third-order valence-electron chi connectivity index (χ3n) is 3.16. The van der Waals surface area contributed by atoms with Gasteiger partial charge in [-0.05, 0) is 43.3 Å². The van der Waals surface area contributed by atoms with E-state index in [-0.39, 0.29) is 5.91 Å². The number of nitrogens with two attached hydrogens (primary N) is 1. The van der Waals surface area contributed by atoms with E-state index in [0.29, 0.717) is 18.5 Å². The number of nitrogens with zero attached hydrogens (tertiary/aromatic N) is 2. The van der Waals surface area contributed by atoms with Gasteiger partial charge in [-0.15, -0.1) is 0 Å². The molecule has 20 heavy (non-hydrogen) atoms. The maximum atomic E-state index is 12.5. The molecule has 1 aromatic heterocycles. The molecule has 0 atom stereocenters. The molecule has 2 N–H and O–H groups in total. The Morgan fingerprint density at radius 2 is 2.10 bits per heavy atom. The molecular weight excluding hydrogens is 250 g/mol. The van der Waals surface area contributed by atoms with Gasteiger partial charge in [0.2, 0.25) is 0 Å². The van der Waals surface area contributed by atoms with Crippen LogP contribution in [0.15, 0.2) is 42.6 Å². The second-order valence-electron chi connectivity index (χ2n) is 4.78. The topological polar surface area (TPSA) is 59.2 Å². The van der Waals surface area contributed by atoms with E-state index in [1.807, 2.05) is 37.3 Å². The number of pyridine rings is 1. The average Bonchev–Trinajstić information content (AvgIpc) is 2.46. The summed E-state index contributed by atoms with van der Waals surface area (Å²) in [6.45, 7) is 2.53. The van der Waals surface area contributed by atoms with Crippen LogP contribution in [0.25, 0.3) is 0 Å². The van der Waals surface area contributed by atoms with Gasteiger partial charge < -0.3 is 10.6 Å². The number of carbonyl (C=O) groups excluding carboxylic acids is 1. The molecule has 0 unspecified atom stereocenters. The zero-order chi connectivity index (χ0) is 14.5. The molecule has 0 saturated carbocycles. The highest BCUT2D eigenvalue weighted by molar-refractivity contribution is 6.05. The van der Waals surface area contributed by atoms with Gasteiger partial charge >= 0.3 is 0 Å². The van der Waals surface area contributed by atoms with Crippen molar-refractivity contribution in [2.45, 2.75) is 13.3 Å². The molecule has 104 valence electrons. The Hall–Kier alpha value is -2.20. The van der Waals surface area contributed by atoms with Gasteiger partial charge in [0, 0.05) is 36.6 Å². The highest BCUT2D eigenvalue weighted by Crippen LogP contribution is 2.17. The number of hydrogen-bond acceptors (Lipinski definition) is 3. The standard InChI is InChI=1S/C16H19N3O/c1-12-4-3-5-15(10-12)19(2)16(20)13-7-9-18-14(11-13)6-8-17/h3-5,7,9-11H,6,8,17H2,1-2H3. The largest absolute Gasteiger partial charge is 0.330 e. The lowest BCUT2D eigenvalue weighted by atomic mass is 10.1. The van der Waals surface area contributed by atoms with Crippen LogP contribution in [0.5, 0.6) is 0 Å². The van der Waals surface area contributed by atoms with Crippen molar-refractivity contribution in [1.82, 2.24) is 4.98 Å². The van der Waals surface area contributed by atoms with Crippen molar-refractivity contribution in [2.24, 2.45) is 5.73 Å². The van der Waals surface area contributed by atoms with E-state index < -0.39 is 0 Å². The third kappa shape index (κ3) is 3.22. The Bertz CT molecular complexity index is 610. The number of aromatic nitrogens is 1. The Morgan fingerprint density at radius 1 is 1.30 bits per heavy atom. The Labute approximate surface area is 119 Å². The number of hydrogen-bond donors (Lipinski definition) is 1. The van der Waals surface area contributed by atoms with Crippen LogP contribution in [-0.2, 0) is 6.42 Å². The average molecular weight is 269 g/mol. The lowest BCUT2D eigenvalue weighted by molar-refractivity contribution is 0.0993. The van der Waals surface area contributed by atoms with Crippen molar-refractivity contribution in [1.29, 1.82) is 0 Å². The van der Waals surface area contributed by atoms with Gasteiger partial charge in [-0.3, -0.25) is 9.78 Å². The van der Waals surface area contributed by atoms with Crippen molar-refractivity contribution < 1.29 is 4.79 Å². The monoisotopic (exact) mass is 269 g/mol. The molecule has 0 saturated heterocycles. The van der Waals surface area contributed by atoms with E-state index in [0.717, 1.165) is 16.9 Å². The number of benzene rings is 1. The molecule has 1 heterocycles. The molecule has 0 aliphatic rings. The molecular formula is C16H19N3O. The lowest BCUT2D eigenvalue weighted by Crippen LogP contribution is -2.26. The number of aryl methyl sites for hydroxylation is 1. The van der Waals surface area contributed by atoms with E-state index in [2.05, 4.69) is 4.98 Å². The molecule has 0 radical (unpaired) electrons. The fourth-order valence-corrected chi connectivity index (χ4v) is 2.04. The second-order valence-corrected chi connectivity index (χ2v) is 4.78. The normalized spacial score (nSPS) is 10.3. The minimum Gasteiger partial charge on any atom is -0.330 e. The zero-order valence-electron chi connectivity index (χ0n) is 11.8. The summed E-state index contributed by atoms with van der Waals surface area (Å²) in [6, 6.07) is 11.4. The van der Waals surface area contributed by atoms with Crippen molar-refractivity contribution >= 4 is 11.6 Å². The van der Waals surface area contributed by atoms with Gasteiger partial charge in [-0.1, -0.05) is 12.1 Å². The predicted octanol–water partition coefficient (Wildman–Crippen LogP) is 2.17. The molecule has 0 aliphatic heterocycles. The first-order valence-electron chi connectivity index (χ1n) is 6.61. The van der Waals surface area contributed by atoms with E-state index in [4.69, 9.17) is 5.73 Å². The first kappa shape index (κ1) is 14.2. The molecule has 0 spiro atoms. The van der Waals surface area contributed by atoms with E-state index >= 15 is 0 Å². The molecule has 4 nitrogen and oxygen atoms in total. The van der Waals surface area contributed by atoms with E-state index in [1.165, 1.54) is 0 Å². The van der Waals surface area contributed by atoms with Crippen molar-refractivity contribution in [3.8, 4) is 0 Å². The van der Waals surface area contributed by atoms with Crippen LogP contribution < -0.4 is 10.6 Å². The predicted molar refractivity (Wildman–Crippen MR) is 80.9 cm³/mol. The summed E-state index contributed by atoms with van der Waals surface area (Å²) < 4.78 is 0. The summed E-state index contributed by atoms with van der Waals surface area (Å²) in [4.78, 5) is 18.3. The van der Waals surface area contributed by atoms with Gasteiger partial charge in [0.05, 0.1) is 0 Å². The lowest BCUT2D eigenvalue weighted by Gasteiger charge is -2.18. The number of rotatable bonds is 4. The van der Waals surface area contributed by atoms with Gasteiger partial charge in [-0.25, -0.2) is 0 Å². The summed E-state index contributed by atoms with van der Waals surface area (Å²) in [6.07, 6.45) is 2.33. The van der Waals surface area contributed by atoms with Gasteiger partial charge in [-0.2, -0.15) is 0 Å². The first-order valence-corrected chi connectivity index (χ1v) is 6.61. The molecule has 2 aromatic rings. The van der Waals surface area contributed by atoms with E-state index in [1.54, 1.807) is 24.2 Å². The Morgan fingerprint density at radius 3 is 2.80 bits per heavy atom. The Balaban J connectivity index is 2.24. The maximum absolute atomic E-state index is 12.5. The van der Waals surface area contributed by atoms with Crippen LogP contribution in [0.2, 0.25) is 0 Å². The van der Waals surface area contributed by atoms with Crippen molar-refractivity contribution in [2.75, 3.05) is 18.5 Å². The van der Waals surface area contributed by atoms with Gasteiger partial charge in [0.25, 0.3) is 5.91 Å². The summed E-state index contributed by atoms with van der Waals surface area (Å²) in [5.41, 5.74) is 9.00. The molecule has 4 heteroatoms. The number of anilines is 1. The zero-order valence-corrected chi connectivity index (χ0v) is 11.8. The molecule has 0 aliphatic carbocycles. The van der Waals surface area contributed by atoms with Crippen LogP contribution in [0.3, 0.4) is 0 Å². The fraction of sp³-hybridized carbons (Fsp3) is 0.250.